The summed E-state index contributed by atoms with van der Waals surface area (Å²) >= 11 is 9.08. The molecule has 0 unspecified atom stereocenters. The van der Waals surface area contributed by atoms with E-state index in [1.807, 2.05) is 13.8 Å². The van der Waals surface area contributed by atoms with E-state index in [1.165, 1.54) is 4.31 Å². The molecule has 0 radical (unpaired) electrons. The van der Waals surface area contributed by atoms with Gasteiger partial charge in [0.25, 0.3) is 0 Å². The first-order valence-corrected chi connectivity index (χ1v) is 9.08. The molecule has 0 aliphatic rings. The lowest BCUT2D eigenvalue weighted by Gasteiger charge is -2.29. The molecule has 0 aliphatic heterocycles. The van der Waals surface area contributed by atoms with Gasteiger partial charge >= 0.3 is 0 Å². The Labute approximate surface area is 129 Å². The van der Waals surface area contributed by atoms with Crippen molar-refractivity contribution in [2.45, 2.75) is 37.6 Å². The molecular formula is C13H19BrClNO2S. The Morgan fingerprint density at radius 1 is 1.26 bits per heavy atom. The SMILES string of the molecule is CCC(CC)N(CCCl)S(=O)(=O)c1ccccc1Br. The van der Waals surface area contributed by atoms with E-state index in [-0.39, 0.29) is 6.04 Å². The minimum atomic E-state index is -3.52. The van der Waals surface area contributed by atoms with E-state index >= 15 is 0 Å². The summed E-state index contributed by atoms with van der Waals surface area (Å²) < 4.78 is 27.6. The number of rotatable bonds is 7. The zero-order chi connectivity index (χ0) is 14.5. The van der Waals surface area contributed by atoms with Crippen molar-refractivity contribution in [3.8, 4) is 0 Å². The lowest BCUT2D eigenvalue weighted by molar-refractivity contribution is 0.316. The number of benzene rings is 1. The van der Waals surface area contributed by atoms with Crippen LogP contribution in [0.4, 0.5) is 0 Å². The number of hydrogen-bond acceptors (Lipinski definition) is 2. The third-order valence-electron chi connectivity index (χ3n) is 3.08. The zero-order valence-corrected chi connectivity index (χ0v) is 14.3. The molecule has 0 bridgehead atoms. The van der Waals surface area contributed by atoms with E-state index in [4.69, 9.17) is 11.6 Å². The summed E-state index contributed by atoms with van der Waals surface area (Å²) in [6, 6.07) is 6.85. The van der Waals surface area contributed by atoms with Crippen molar-refractivity contribution in [3.05, 3.63) is 28.7 Å². The molecule has 1 aromatic carbocycles. The van der Waals surface area contributed by atoms with E-state index in [0.29, 0.717) is 21.8 Å². The second-order valence-electron chi connectivity index (χ2n) is 4.21. The van der Waals surface area contributed by atoms with Crippen molar-refractivity contribution in [1.82, 2.24) is 4.31 Å². The molecule has 1 rings (SSSR count). The number of alkyl halides is 1. The molecule has 0 N–H and O–H groups in total. The third-order valence-corrected chi connectivity index (χ3v) is 6.21. The van der Waals surface area contributed by atoms with Gasteiger partial charge in [-0.15, -0.1) is 11.6 Å². The summed E-state index contributed by atoms with van der Waals surface area (Å²) in [5.74, 6) is 0.292. The van der Waals surface area contributed by atoms with E-state index in [2.05, 4.69) is 15.9 Å². The molecule has 3 nitrogen and oxygen atoms in total. The highest BCUT2D eigenvalue weighted by Crippen LogP contribution is 2.27. The first-order chi connectivity index (χ1) is 8.98. The van der Waals surface area contributed by atoms with Gasteiger partial charge < -0.3 is 0 Å². The first-order valence-electron chi connectivity index (χ1n) is 6.31. The number of halogens is 2. The lowest BCUT2D eigenvalue weighted by atomic mass is 10.2. The molecule has 0 aliphatic carbocycles. The van der Waals surface area contributed by atoms with Gasteiger partial charge in [0.1, 0.15) is 0 Å². The molecular weight excluding hydrogens is 350 g/mol. The summed E-state index contributed by atoms with van der Waals surface area (Å²) in [7, 11) is -3.52. The van der Waals surface area contributed by atoms with Crippen molar-refractivity contribution in [1.29, 1.82) is 0 Å². The van der Waals surface area contributed by atoms with Crippen molar-refractivity contribution >= 4 is 37.6 Å². The Bertz CT molecular complexity index is 503. The minimum absolute atomic E-state index is 0.0177. The number of sulfonamides is 1. The first kappa shape index (κ1) is 17.0. The zero-order valence-electron chi connectivity index (χ0n) is 11.1. The van der Waals surface area contributed by atoms with Crippen LogP contribution >= 0.6 is 27.5 Å². The van der Waals surface area contributed by atoms with Crippen molar-refractivity contribution in [2.24, 2.45) is 0 Å². The summed E-state index contributed by atoms with van der Waals surface area (Å²) in [5.41, 5.74) is 0. The van der Waals surface area contributed by atoms with Gasteiger partial charge in [0.05, 0.1) is 4.90 Å². The van der Waals surface area contributed by atoms with Gasteiger partial charge in [0, 0.05) is 22.9 Å². The van der Waals surface area contributed by atoms with Crippen LogP contribution < -0.4 is 0 Å². The van der Waals surface area contributed by atoms with Gasteiger partial charge in [0.15, 0.2) is 0 Å². The Morgan fingerprint density at radius 2 is 1.84 bits per heavy atom. The maximum atomic E-state index is 12.7. The van der Waals surface area contributed by atoms with Gasteiger partial charge in [0.2, 0.25) is 10.0 Å². The largest absolute Gasteiger partial charge is 0.244 e. The molecule has 0 saturated carbocycles. The van der Waals surface area contributed by atoms with Crippen LogP contribution in [0.5, 0.6) is 0 Å². The average molecular weight is 369 g/mol. The Hall–Kier alpha value is -0.100. The van der Waals surface area contributed by atoms with E-state index in [9.17, 15) is 8.42 Å². The van der Waals surface area contributed by atoms with Crippen LogP contribution in [0.3, 0.4) is 0 Å². The molecule has 1 aromatic rings. The lowest BCUT2D eigenvalue weighted by Crippen LogP contribution is -2.41. The van der Waals surface area contributed by atoms with Gasteiger partial charge in [-0.2, -0.15) is 4.31 Å². The average Bonchev–Trinajstić information content (AvgIpc) is 2.39. The topological polar surface area (TPSA) is 37.4 Å². The van der Waals surface area contributed by atoms with Crippen LogP contribution in [0.2, 0.25) is 0 Å². The highest BCUT2D eigenvalue weighted by Gasteiger charge is 2.30. The highest BCUT2D eigenvalue weighted by molar-refractivity contribution is 9.10. The van der Waals surface area contributed by atoms with Crippen molar-refractivity contribution < 1.29 is 8.42 Å². The molecule has 0 heterocycles. The quantitative estimate of drug-likeness (QED) is 0.685. The van der Waals surface area contributed by atoms with Crippen molar-refractivity contribution in [2.75, 3.05) is 12.4 Å². The van der Waals surface area contributed by atoms with Gasteiger partial charge in [-0.3, -0.25) is 0 Å². The predicted molar refractivity (Wildman–Crippen MR) is 83.1 cm³/mol. The smallest absolute Gasteiger partial charge is 0.207 e. The third kappa shape index (κ3) is 3.94. The molecule has 108 valence electrons. The fourth-order valence-corrected chi connectivity index (χ4v) is 5.08. The fraction of sp³-hybridized carbons (Fsp3) is 0.538. The Kier molecular flexibility index (Phi) is 6.80. The molecule has 6 heteroatoms. The van der Waals surface area contributed by atoms with Crippen molar-refractivity contribution in [3.63, 3.8) is 0 Å². The highest BCUT2D eigenvalue weighted by atomic mass is 79.9. The molecule has 0 fully saturated rings. The molecule has 0 amide bonds. The second-order valence-corrected chi connectivity index (χ2v) is 7.30. The van der Waals surface area contributed by atoms with Crippen LogP contribution in [-0.4, -0.2) is 31.2 Å². The van der Waals surface area contributed by atoms with Gasteiger partial charge in [-0.1, -0.05) is 26.0 Å². The van der Waals surface area contributed by atoms with Gasteiger partial charge in [-0.05, 0) is 40.9 Å². The molecule has 0 saturated heterocycles. The van der Waals surface area contributed by atoms with Crippen LogP contribution in [0, 0.1) is 0 Å². The molecule has 19 heavy (non-hydrogen) atoms. The summed E-state index contributed by atoms with van der Waals surface area (Å²) in [6.45, 7) is 4.31. The standard InChI is InChI=1S/C13H19BrClNO2S/c1-3-11(4-2)16(10-9-15)19(17,18)13-8-6-5-7-12(13)14/h5-8,11H,3-4,9-10H2,1-2H3. The maximum Gasteiger partial charge on any atom is 0.244 e. The van der Waals surface area contributed by atoms with Crippen LogP contribution in [0.15, 0.2) is 33.6 Å². The summed E-state index contributed by atoms with van der Waals surface area (Å²) in [6.07, 6.45) is 1.55. The second kappa shape index (κ2) is 7.62. The number of hydrogen-bond donors (Lipinski definition) is 0. The molecule has 0 atom stereocenters. The van der Waals surface area contributed by atoms with Crippen LogP contribution in [0.25, 0.3) is 0 Å². The molecule has 0 aromatic heterocycles. The Morgan fingerprint density at radius 3 is 2.32 bits per heavy atom. The minimum Gasteiger partial charge on any atom is -0.207 e. The van der Waals surface area contributed by atoms with E-state index in [0.717, 1.165) is 12.8 Å². The van der Waals surface area contributed by atoms with E-state index in [1.54, 1.807) is 24.3 Å². The normalized spacial score (nSPS) is 12.3. The maximum absolute atomic E-state index is 12.7. The summed E-state index contributed by atoms with van der Waals surface area (Å²) in [4.78, 5) is 0.298. The number of nitrogens with zero attached hydrogens (tertiary/aromatic N) is 1. The monoisotopic (exact) mass is 367 g/mol. The predicted octanol–water partition coefficient (Wildman–Crippen LogP) is 3.87. The van der Waals surface area contributed by atoms with E-state index < -0.39 is 10.0 Å². The fourth-order valence-electron chi connectivity index (χ4n) is 2.06. The molecule has 0 spiro atoms. The Balaban J connectivity index is 3.24. The van der Waals surface area contributed by atoms with Crippen LogP contribution in [0.1, 0.15) is 26.7 Å². The van der Waals surface area contributed by atoms with Gasteiger partial charge in [-0.25, -0.2) is 8.42 Å². The summed E-state index contributed by atoms with van der Waals surface area (Å²) in [5, 5.41) is 0. The van der Waals surface area contributed by atoms with Crippen LogP contribution in [-0.2, 0) is 10.0 Å².